The first-order valence-electron chi connectivity index (χ1n) is 10.5. The summed E-state index contributed by atoms with van der Waals surface area (Å²) in [7, 11) is -3.70. The van der Waals surface area contributed by atoms with Gasteiger partial charge in [-0.05, 0) is 54.7 Å². The molecule has 0 radical (unpaired) electrons. The van der Waals surface area contributed by atoms with Crippen molar-refractivity contribution in [1.29, 1.82) is 0 Å². The maximum absolute atomic E-state index is 12.9. The van der Waals surface area contributed by atoms with Crippen LogP contribution in [0.5, 0.6) is 5.75 Å². The van der Waals surface area contributed by atoms with E-state index in [0.717, 1.165) is 28.2 Å². The minimum atomic E-state index is -3.70. The Morgan fingerprint density at radius 3 is 2.47 bits per heavy atom. The lowest BCUT2D eigenvalue weighted by molar-refractivity contribution is -0.122. The van der Waals surface area contributed by atoms with E-state index in [2.05, 4.69) is 0 Å². The molecule has 0 unspecified atom stereocenters. The lowest BCUT2D eigenvalue weighted by atomic mass is 10.0. The van der Waals surface area contributed by atoms with Crippen molar-refractivity contribution >= 4 is 38.7 Å². The topological polar surface area (TPSA) is 63.7 Å². The van der Waals surface area contributed by atoms with Crippen LogP contribution >= 0.6 is 22.9 Å². The number of rotatable bonds is 9. The quantitative estimate of drug-likeness (QED) is 0.407. The second kappa shape index (κ2) is 10.2. The standard InChI is InChI=1S/C24H24ClNO4S2/c25-23-14-15-24(31-23)32(28,29)26-16-4-7-21(26)22(27)13-10-18-8-11-20(12-9-18)30-17-19-5-2-1-3-6-19/h1-3,5-6,8-9,11-12,14-15,21H,4,7,10,13,16-17H2/t21-/m0/s1. The summed E-state index contributed by atoms with van der Waals surface area (Å²) >= 11 is 6.93. The molecule has 0 bridgehead atoms. The highest BCUT2D eigenvalue weighted by Gasteiger charge is 2.39. The highest BCUT2D eigenvalue weighted by molar-refractivity contribution is 7.91. The Hall–Kier alpha value is -2.19. The fourth-order valence-electron chi connectivity index (χ4n) is 3.83. The van der Waals surface area contributed by atoms with Crippen LogP contribution < -0.4 is 4.74 Å². The van der Waals surface area contributed by atoms with Crippen LogP contribution in [0.1, 0.15) is 30.4 Å². The van der Waals surface area contributed by atoms with E-state index in [1.54, 1.807) is 6.07 Å². The largest absolute Gasteiger partial charge is 0.489 e. The van der Waals surface area contributed by atoms with E-state index in [1.165, 1.54) is 10.4 Å². The molecule has 1 saturated heterocycles. The summed E-state index contributed by atoms with van der Waals surface area (Å²) in [6.45, 7) is 0.863. The molecule has 1 fully saturated rings. The SMILES string of the molecule is O=C(CCc1ccc(OCc2ccccc2)cc1)[C@@H]1CCCN1S(=O)(=O)c1ccc(Cl)s1. The molecular weight excluding hydrogens is 466 g/mol. The summed E-state index contributed by atoms with van der Waals surface area (Å²) in [5, 5.41) is 0. The van der Waals surface area contributed by atoms with Crippen molar-refractivity contribution in [2.24, 2.45) is 0 Å². The van der Waals surface area contributed by atoms with Gasteiger partial charge in [-0.15, -0.1) is 11.3 Å². The van der Waals surface area contributed by atoms with Crippen molar-refractivity contribution in [2.75, 3.05) is 6.54 Å². The molecular formula is C24H24ClNO4S2. The van der Waals surface area contributed by atoms with E-state index in [0.29, 0.717) is 43.2 Å². The molecule has 3 aromatic rings. The van der Waals surface area contributed by atoms with Gasteiger partial charge >= 0.3 is 0 Å². The molecule has 0 N–H and O–H groups in total. The van der Waals surface area contributed by atoms with Crippen molar-refractivity contribution in [1.82, 2.24) is 4.31 Å². The molecule has 1 aromatic heterocycles. The number of sulfonamides is 1. The molecule has 4 rings (SSSR count). The lowest BCUT2D eigenvalue weighted by Gasteiger charge is -2.22. The molecule has 2 aromatic carbocycles. The normalized spacial score (nSPS) is 16.8. The first kappa shape index (κ1) is 23.0. The molecule has 0 saturated carbocycles. The number of benzene rings is 2. The third-order valence-corrected chi connectivity index (χ3v) is 9.13. The Labute approximate surface area is 197 Å². The summed E-state index contributed by atoms with van der Waals surface area (Å²) < 4.78 is 33.7. The van der Waals surface area contributed by atoms with Gasteiger partial charge in [-0.1, -0.05) is 54.1 Å². The van der Waals surface area contributed by atoms with Gasteiger partial charge in [0.1, 0.15) is 16.6 Å². The van der Waals surface area contributed by atoms with Crippen LogP contribution in [-0.2, 0) is 27.8 Å². The van der Waals surface area contributed by atoms with Crippen LogP contribution in [0, 0.1) is 0 Å². The summed E-state index contributed by atoms with van der Waals surface area (Å²) in [6.07, 6.45) is 2.10. The van der Waals surface area contributed by atoms with Gasteiger partial charge in [-0.3, -0.25) is 4.79 Å². The Morgan fingerprint density at radius 2 is 1.78 bits per heavy atom. The van der Waals surface area contributed by atoms with Crippen molar-refractivity contribution < 1.29 is 17.9 Å². The molecule has 5 nitrogen and oxygen atoms in total. The molecule has 2 heterocycles. The van der Waals surface area contributed by atoms with Gasteiger partial charge in [0.05, 0.1) is 10.4 Å². The first-order chi connectivity index (χ1) is 15.4. The number of hydrogen-bond acceptors (Lipinski definition) is 5. The second-order valence-corrected chi connectivity index (χ2v) is 11.5. The fourth-order valence-corrected chi connectivity index (χ4v) is 7.12. The van der Waals surface area contributed by atoms with Crippen LogP contribution in [0.3, 0.4) is 0 Å². The van der Waals surface area contributed by atoms with Crippen LogP contribution in [0.25, 0.3) is 0 Å². The second-order valence-electron chi connectivity index (χ2n) is 7.72. The van der Waals surface area contributed by atoms with Gasteiger partial charge < -0.3 is 4.74 Å². The molecule has 0 amide bonds. The average molecular weight is 490 g/mol. The van der Waals surface area contributed by atoms with E-state index < -0.39 is 16.1 Å². The zero-order valence-electron chi connectivity index (χ0n) is 17.4. The third-order valence-electron chi connectivity index (χ3n) is 5.52. The van der Waals surface area contributed by atoms with Crippen molar-refractivity contribution in [3.63, 3.8) is 0 Å². The Bertz CT molecular complexity index is 1160. The molecule has 8 heteroatoms. The minimum Gasteiger partial charge on any atom is -0.489 e. The number of ketones is 1. The van der Waals surface area contributed by atoms with Crippen molar-refractivity contribution in [3.05, 3.63) is 82.2 Å². The molecule has 32 heavy (non-hydrogen) atoms. The smallest absolute Gasteiger partial charge is 0.253 e. The predicted molar refractivity (Wildman–Crippen MR) is 127 cm³/mol. The van der Waals surface area contributed by atoms with E-state index in [9.17, 15) is 13.2 Å². The van der Waals surface area contributed by atoms with Gasteiger partial charge in [0.25, 0.3) is 10.0 Å². The summed E-state index contributed by atoms with van der Waals surface area (Å²) in [6, 6.07) is 20.1. The maximum Gasteiger partial charge on any atom is 0.253 e. The number of halogens is 1. The van der Waals surface area contributed by atoms with Crippen LogP contribution in [0.2, 0.25) is 4.34 Å². The summed E-state index contributed by atoms with van der Waals surface area (Å²) in [4.78, 5) is 12.9. The molecule has 1 aliphatic rings. The Morgan fingerprint density at radius 1 is 1.03 bits per heavy atom. The maximum atomic E-state index is 12.9. The summed E-state index contributed by atoms with van der Waals surface area (Å²) in [5.41, 5.74) is 2.12. The lowest BCUT2D eigenvalue weighted by Crippen LogP contribution is -2.40. The van der Waals surface area contributed by atoms with E-state index >= 15 is 0 Å². The zero-order chi connectivity index (χ0) is 22.6. The van der Waals surface area contributed by atoms with Crippen molar-refractivity contribution in [3.8, 4) is 5.75 Å². The van der Waals surface area contributed by atoms with E-state index in [4.69, 9.17) is 16.3 Å². The highest BCUT2D eigenvalue weighted by Crippen LogP contribution is 2.32. The van der Waals surface area contributed by atoms with Gasteiger partial charge in [0, 0.05) is 13.0 Å². The Kier molecular flexibility index (Phi) is 7.30. The molecule has 1 atom stereocenters. The van der Waals surface area contributed by atoms with Crippen molar-refractivity contribution in [2.45, 2.75) is 42.5 Å². The van der Waals surface area contributed by atoms with E-state index in [-0.39, 0.29) is 9.99 Å². The summed E-state index contributed by atoms with van der Waals surface area (Å²) in [5.74, 6) is 0.727. The number of Topliss-reactive ketones (excluding diaryl/α,β-unsaturated/α-hetero) is 1. The highest BCUT2D eigenvalue weighted by atomic mass is 35.5. The van der Waals surface area contributed by atoms with Crippen LogP contribution in [0.4, 0.5) is 0 Å². The number of thiophene rings is 1. The molecule has 1 aliphatic heterocycles. The van der Waals surface area contributed by atoms with Crippen LogP contribution in [0.15, 0.2) is 70.9 Å². The van der Waals surface area contributed by atoms with Crippen LogP contribution in [-0.4, -0.2) is 31.1 Å². The number of nitrogens with zero attached hydrogens (tertiary/aromatic N) is 1. The number of ether oxygens (including phenoxy) is 1. The predicted octanol–water partition coefficient (Wildman–Crippen LogP) is 5.34. The number of hydrogen-bond donors (Lipinski definition) is 0. The number of aryl methyl sites for hydroxylation is 1. The molecule has 0 aliphatic carbocycles. The van der Waals surface area contributed by atoms with Gasteiger partial charge in [0.2, 0.25) is 0 Å². The first-order valence-corrected chi connectivity index (χ1v) is 13.1. The Balaban J connectivity index is 1.33. The van der Waals surface area contributed by atoms with Gasteiger partial charge in [-0.25, -0.2) is 8.42 Å². The monoisotopic (exact) mass is 489 g/mol. The van der Waals surface area contributed by atoms with E-state index in [1.807, 2.05) is 54.6 Å². The number of carbonyl (C=O) groups excluding carboxylic acids is 1. The minimum absolute atomic E-state index is 0.0434. The zero-order valence-corrected chi connectivity index (χ0v) is 19.8. The average Bonchev–Trinajstić information content (AvgIpc) is 3.48. The third kappa shape index (κ3) is 5.41. The number of carbonyl (C=O) groups is 1. The van der Waals surface area contributed by atoms with Gasteiger partial charge in [0.15, 0.2) is 5.78 Å². The fraction of sp³-hybridized carbons (Fsp3) is 0.292. The van der Waals surface area contributed by atoms with Gasteiger partial charge in [-0.2, -0.15) is 4.31 Å². The molecule has 0 spiro atoms. The molecule has 168 valence electrons.